The van der Waals surface area contributed by atoms with Gasteiger partial charge in [-0.3, -0.25) is 4.79 Å². The van der Waals surface area contributed by atoms with Crippen molar-refractivity contribution in [2.24, 2.45) is 5.41 Å². The summed E-state index contributed by atoms with van der Waals surface area (Å²) in [6, 6.07) is 4.82. The summed E-state index contributed by atoms with van der Waals surface area (Å²) >= 11 is 5.74. The molecule has 4 heterocycles. The Morgan fingerprint density at radius 3 is 2.81 bits per heavy atom. The van der Waals surface area contributed by atoms with Crippen LogP contribution < -0.4 is 10.1 Å². The molecule has 7 nitrogen and oxygen atoms in total. The number of anilines is 1. The van der Waals surface area contributed by atoms with E-state index in [0.29, 0.717) is 11.9 Å². The zero-order chi connectivity index (χ0) is 22.4. The number of rotatable bonds is 5. The van der Waals surface area contributed by atoms with Gasteiger partial charge in [0.1, 0.15) is 11.0 Å². The number of nitrogens with zero attached hydrogens (tertiary/aromatic N) is 2. The Labute approximate surface area is 180 Å². The van der Waals surface area contributed by atoms with E-state index in [2.05, 4.69) is 15.3 Å². The van der Waals surface area contributed by atoms with E-state index >= 15 is 0 Å². The monoisotopic (exact) mass is 457 g/mol. The second kappa shape index (κ2) is 7.92. The minimum Gasteiger partial charge on any atom is -0.481 e. The first-order chi connectivity index (χ1) is 14.6. The van der Waals surface area contributed by atoms with Crippen LogP contribution in [-0.2, 0) is 22.1 Å². The number of pyridine rings is 2. The molecule has 2 aliphatic rings. The summed E-state index contributed by atoms with van der Waals surface area (Å²) in [7, 11) is 1.47. The van der Waals surface area contributed by atoms with Crippen LogP contribution in [0.25, 0.3) is 0 Å². The lowest BCUT2D eigenvalue weighted by atomic mass is 9.68. The molecule has 2 aromatic rings. The molecule has 2 aliphatic heterocycles. The fourth-order valence-corrected chi connectivity index (χ4v) is 4.47. The van der Waals surface area contributed by atoms with E-state index in [9.17, 15) is 23.1 Å². The fourth-order valence-electron chi connectivity index (χ4n) is 4.27. The highest BCUT2D eigenvalue weighted by molar-refractivity contribution is 6.29. The first-order valence-corrected chi connectivity index (χ1v) is 9.87. The second-order valence-electron chi connectivity index (χ2n) is 7.73. The highest BCUT2D eigenvalue weighted by atomic mass is 35.5. The van der Waals surface area contributed by atoms with Crippen LogP contribution >= 0.6 is 11.6 Å². The summed E-state index contributed by atoms with van der Waals surface area (Å²) in [4.78, 5) is 21.2. The SMILES string of the molecule is COc1cc(C[C@]2(C(=O)Nc3cc(C(F)(F)F)cc(Cl)n3)C[C@H]3O[C@@H]2C[C@@H]3O)ccn1. The largest absolute Gasteiger partial charge is 0.481 e. The minimum atomic E-state index is -4.64. The molecule has 0 spiro atoms. The molecule has 0 aliphatic carbocycles. The molecule has 4 atom stereocenters. The van der Waals surface area contributed by atoms with Crippen molar-refractivity contribution < 1.29 is 32.5 Å². The molecule has 166 valence electrons. The lowest BCUT2D eigenvalue weighted by Gasteiger charge is -2.35. The first kappa shape index (κ1) is 21.8. The highest BCUT2D eigenvalue weighted by Gasteiger charge is 2.60. The predicted molar refractivity (Wildman–Crippen MR) is 104 cm³/mol. The number of aliphatic hydroxyl groups excluding tert-OH is 1. The van der Waals surface area contributed by atoms with Gasteiger partial charge in [-0.05, 0) is 36.6 Å². The van der Waals surface area contributed by atoms with Crippen LogP contribution in [0.3, 0.4) is 0 Å². The van der Waals surface area contributed by atoms with Crippen LogP contribution in [0.5, 0.6) is 5.88 Å². The Hall–Kier alpha value is -2.43. The summed E-state index contributed by atoms with van der Waals surface area (Å²) in [6.45, 7) is 0. The van der Waals surface area contributed by atoms with Crippen molar-refractivity contribution in [2.75, 3.05) is 12.4 Å². The third-order valence-electron chi connectivity index (χ3n) is 5.75. The van der Waals surface area contributed by atoms with Crippen molar-refractivity contribution in [3.8, 4) is 5.88 Å². The molecule has 0 radical (unpaired) electrons. The average molecular weight is 458 g/mol. The summed E-state index contributed by atoms with van der Waals surface area (Å²) in [6.07, 6.45) is -4.25. The number of hydrogen-bond acceptors (Lipinski definition) is 6. The predicted octanol–water partition coefficient (Wildman–Crippen LogP) is 3.25. The van der Waals surface area contributed by atoms with Gasteiger partial charge in [0.2, 0.25) is 11.8 Å². The Balaban J connectivity index is 1.65. The van der Waals surface area contributed by atoms with Crippen LogP contribution in [0.4, 0.5) is 19.0 Å². The molecule has 0 aromatic carbocycles. The standard InChI is InChI=1S/C20H19ClF3N3O4/c1-30-17-4-10(2-3-25-17)8-19(9-13-12(28)7-14(19)31-13)18(29)27-16-6-11(20(22,23)24)5-15(21)26-16/h2-6,12-14,28H,7-9H2,1H3,(H,26,27,29)/t12-,13+,14+,19-/m0/s1. The van der Waals surface area contributed by atoms with E-state index in [1.165, 1.54) is 13.3 Å². The van der Waals surface area contributed by atoms with Gasteiger partial charge in [0.25, 0.3) is 0 Å². The number of aromatic nitrogens is 2. The lowest BCUT2D eigenvalue weighted by Crippen LogP contribution is -2.48. The Morgan fingerprint density at radius 2 is 2.19 bits per heavy atom. The van der Waals surface area contributed by atoms with E-state index in [0.717, 1.165) is 11.6 Å². The van der Waals surface area contributed by atoms with Gasteiger partial charge >= 0.3 is 6.18 Å². The van der Waals surface area contributed by atoms with Gasteiger partial charge in [0, 0.05) is 18.7 Å². The maximum Gasteiger partial charge on any atom is 0.416 e. The molecular formula is C20H19ClF3N3O4. The number of methoxy groups -OCH3 is 1. The van der Waals surface area contributed by atoms with E-state index < -0.39 is 46.5 Å². The molecule has 0 saturated carbocycles. The number of aliphatic hydroxyl groups is 1. The number of fused-ring (bicyclic) bond motifs is 2. The number of halogens is 4. The molecule has 1 amide bonds. The van der Waals surface area contributed by atoms with Crippen LogP contribution in [0, 0.1) is 5.41 Å². The molecule has 2 aromatic heterocycles. The van der Waals surface area contributed by atoms with E-state index in [1.807, 2.05) is 0 Å². The Morgan fingerprint density at radius 1 is 1.42 bits per heavy atom. The van der Waals surface area contributed by atoms with Crippen LogP contribution in [0.2, 0.25) is 5.15 Å². The molecule has 4 rings (SSSR count). The maximum absolute atomic E-state index is 13.4. The van der Waals surface area contributed by atoms with Crippen molar-refractivity contribution in [2.45, 2.75) is 43.8 Å². The van der Waals surface area contributed by atoms with Crippen molar-refractivity contribution >= 4 is 23.3 Å². The fraction of sp³-hybridized carbons (Fsp3) is 0.450. The quantitative estimate of drug-likeness (QED) is 0.669. The van der Waals surface area contributed by atoms with Crippen LogP contribution in [0.15, 0.2) is 30.5 Å². The maximum atomic E-state index is 13.4. The summed E-state index contributed by atoms with van der Waals surface area (Å²) in [5.74, 6) is -0.492. The third kappa shape index (κ3) is 4.19. The van der Waals surface area contributed by atoms with Gasteiger partial charge in [-0.2, -0.15) is 13.2 Å². The minimum absolute atomic E-state index is 0.210. The Bertz CT molecular complexity index is 1000. The molecule has 2 fully saturated rings. The van der Waals surface area contributed by atoms with Crippen LogP contribution in [-0.4, -0.2) is 46.4 Å². The van der Waals surface area contributed by atoms with Gasteiger partial charge in [-0.1, -0.05) is 11.6 Å². The third-order valence-corrected chi connectivity index (χ3v) is 5.94. The molecule has 2 N–H and O–H groups in total. The molecule has 11 heteroatoms. The zero-order valence-corrected chi connectivity index (χ0v) is 17.1. The van der Waals surface area contributed by atoms with E-state index in [1.54, 1.807) is 12.1 Å². The number of ether oxygens (including phenoxy) is 2. The van der Waals surface area contributed by atoms with E-state index in [4.69, 9.17) is 21.1 Å². The number of hydrogen-bond donors (Lipinski definition) is 2. The molecule has 0 unspecified atom stereocenters. The summed E-state index contributed by atoms with van der Waals surface area (Å²) in [5.41, 5.74) is -1.39. The van der Waals surface area contributed by atoms with Crippen molar-refractivity contribution in [3.63, 3.8) is 0 Å². The van der Waals surface area contributed by atoms with Crippen molar-refractivity contribution in [3.05, 3.63) is 46.7 Å². The van der Waals surface area contributed by atoms with Gasteiger partial charge < -0.3 is 19.9 Å². The van der Waals surface area contributed by atoms with Gasteiger partial charge in [0.05, 0.1) is 36.4 Å². The molecule has 2 bridgehead atoms. The number of carbonyl (C=O) groups is 1. The average Bonchev–Trinajstić information content (AvgIpc) is 3.24. The van der Waals surface area contributed by atoms with Crippen molar-refractivity contribution in [1.82, 2.24) is 9.97 Å². The first-order valence-electron chi connectivity index (χ1n) is 9.49. The number of amides is 1. The van der Waals surface area contributed by atoms with Gasteiger partial charge in [-0.25, -0.2) is 9.97 Å². The number of alkyl halides is 3. The zero-order valence-electron chi connectivity index (χ0n) is 16.3. The lowest BCUT2D eigenvalue weighted by molar-refractivity contribution is -0.137. The van der Waals surface area contributed by atoms with E-state index in [-0.39, 0.29) is 25.1 Å². The van der Waals surface area contributed by atoms with Crippen molar-refractivity contribution in [1.29, 1.82) is 0 Å². The van der Waals surface area contributed by atoms with Gasteiger partial charge in [-0.15, -0.1) is 0 Å². The van der Waals surface area contributed by atoms with Crippen LogP contribution in [0.1, 0.15) is 24.0 Å². The summed E-state index contributed by atoms with van der Waals surface area (Å²) < 4.78 is 50.3. The summed E-state index contributed by atoms with van der Waals surface area (Å²) in [5, 5.41) is 12.2. The normalized spacial score (nSPS) is 27.4. The molecule has 2 saturated heterocycles. The second-order valence-corrected chi connectivity index (χ2v) is 8.11. The van der Waals surface area contributed by atoms with Gasteiger partial charge in [0.15, 0.2) is 0 Å². The molecule has 31 heavy (non-hydrogen) atoms. The molecular weight excluding hydrogens is 439 g/mol. The smallest absolute Gasteiger partial charge is 0.416 e. The Kier molecular flexibility index (Phi) is 5.57. The topological polar surface area (TPSA) is 93.6 Å². The number of nitrogens with one attached hydrogen (secondary N) is 1. The highest BCUT2D eigenvalue weighted by Crippen LogP contribution is 2.50. The number of carbonyl (C=O) groups excluding carboxylic acids is 1.